The van der Waals surface area contributed by atoms with E-state index in [4.69, 9.17) is 0 Å². The second kappa shape index (κ2) is 4.96. The van der Waals surface area contributed by atoms with E-state index in [1.54, 1.807) is 5.57 Å². The number of benzene rings is 2. The van der Waals surface area contributed by atoms with Crippen molar-refractivity contribution in [3.05, 3.63) is 82.5 Å². The molecule has 0 saturated carbocycles. The Kier molecular flexibility index (Phi) is 3.13. The third kappa shape index (κ3) is 2.12. The van der Waals surface area contributed by atoms with Gasteiger partial charge in [0.15, 0.2) is 0 Å². The molecule has 23 heavy (non-hydrogen) atoms. The van der Waals surface area contributed by atoms with Gasteiger partial charge in [0.2, 0.25) is 0 Å². The van der Waals surface area contributed by atoms with Crippen LogP contribution in [0.25, 0.3) is 11.1 Å². The average Bonchev–Trinajstić information content (AvgIpc) is 3.12. The lowest BCUT2D eigenvalue weighted by molar-refractivity contribution is 0.388. The van der Waals surface area contributed by atoms with E-state index in [0.29, 0.717) is 5.92 Å². The van der Waals surface area contributed by atoms with Crippen LogP contribution < -0.4 is 0 Å². The van der Waals surface area contributed by atoms with Crippen molar-refractivity contribution >= 4 is 0 Å². The van der Waals surface area contributed by atoms with E-state index >= 15 is 0 Å². The van der Waals surface area contributed by atoms with Gasteiger partial charge in [0.1, 0.15) is 0 Å². The summed E-state index contributed by atoms with van der Waals surface area (Å²) in [4.78, 5) is 0. The number of fused-ring (bicyclic) bond motifs is 3. The SMILES string of the molecule is Cc1ccc2c(c1)C(C(C)(C)C1=CC=CC1)c1cc(C)ccc1-2. The molecule has 0 N–H and O–H groups in total. The molecule has 0 spiro atoms. The molecule has 2 aliphatic carbocycles. The molecule has 0 nitrogen and oxygen atoms in total. The van der Waals surface area contributed by atoms with Gasteiger partial charge in [-0.15, -0.1) is 0 Å². The Morgan fingerprint density at radius 2 is 1.43 bits per heavy atom. The molecule has 0 saturated heterocycles. The Bertz CT molecular complexity index is 795. The minimum absolute atomic E-state index is 0.130. The van der Waals surface area contributed by atoms with Crippen LogP contribution in [0.3, 0.4) is 0 Å². The first kappa shape index (κ1) is 14.5. The normalized spacial score (nSPS) is 16.4. The molecular formula is C23H24. The van der Waals surface area contributed by atoms with E-state index in [9.17, 15) is 0 Å². The molecule has 2 aliphatic rings. The van der Waals surface area contributed by atoms with Crippen molar-refractivity contribution in [2.75, 3.05) is 0 Å². The summed E-state index contributed by atoms with van der Waals surface area (Å²) >= 11 is 0. The van der Waals surface area contributed by atoms with Gasteiger partial charge in [0.25, 0.3) is 0 Å². The van der Waals surface area contributed by atoms with Crippen molar-refractivity contribution in [2.24, 2.45) is 5.41 Å². The highest BCUT2D eigenvalue weighted by atomic mass is 14.4. The number of allylic oxidation sites excluding steroid dienone is 4. The summed E-state index contributed by atoms with van der Waals surface area (Å²) in [7, 11) is 0. The van der Waals surface area contributed by atoms with Crippen molar-refractivity contribution in [2.45, 2.75) is 40.0 Å². The quantitative estimate of drug-likeness (QED) is 0.608. The fraction of sp³-hybridized carbons (Fsp3) is 0.304. The summed E-state index contributed by atoms with van der Waals surface area (Å²) < 4.78 is 0. The van der Waals surface area contributed by atoms with Crippen molar-refractivity contribution in [3.63, 3.8) is 0 Å². The van der Waals surface area contributed by atoms with Crippen LogP contribution in [0.1, 0.15) is 48.4 Å². The first-order valence-corrected chi connectivity index (χ1v) is 8.56. The van der Waals surface area contributed by atoms with Gasteiger partial charge in [0, 0.05) is 5.92 Å². The summed E-state index contributed by atoms with van der Waals surface area (Å²) in [6.07, 6.45) is 7.90. The predicted octanol–water partition coefficient (Wildman–Crippen LogP) is 6.33. The summed E-state index contributed by atoms with van der Waals surface area (Å²) in [6.45, 7) is 9.24. The minimum atomic E-state index is 0.130. The molecule has 2 aromatic rings. The maximum atomic E-state index is 2.42. The summed E-state index contributed by atoms with van der Waals surface area (Å²) in [5.74, 6) is 0.443. The number of rotatable bonds is 2. The molecule has 2 aromatic carbocycles. The third-order valence-electron chi connectivity index (χ3n) is 5.65. The molecule has 0 bridgehead atoms. The van der Waals surface area contributed by atoms with E-state index in [-0.39, 0.29) is 5.41 Å². The van der Waals surface area contributed by atoms with Gasteiger partial charge in [-0.1, -0.05) is 85.2 Å². The van der Waals surface area contributed by atoms with Crippen LogP contribution in [0.15, 0.2) is 60.2 Å². The summed E-state index contributed by atoms with van der Waals surface area (Å²) in [6, 6.07) is 13.9. The standard InChI is InChI=1S/C23H24/c1-15-9-11-18-19-12-10-16(2)14-21(19)22(20(18)13-15)23(3,4)17-7-5-6-8-17/h5-7,9-14,22H,8H2,1-4H3. The summed E-state index contributed by atoms with van der Waals surface area (Å²) in [5.41, 5.74) is 10.2. The fourth-order valence-electron chi connectivity index (χ4n) is 4.39. The average molecular weight is 300 g/mol. The largest absolute Gasteiger partial charge is 0.0804 e. The highest BCUT2D eigenvalue weighted by Gasteiger charge is 2.41. The highest BCUT2D eigenvalue weighted by molar-refractivity contribution is 5.80. The maximum absolute atomic E-state index is 2.42. The Labute approximate surface area is 139 Å². The molecule has 0 heterocycles. The Morgan fingerprint density at radius 3 is 1.91 bits per heavy atom. The second-order valence-electron chi connectivity index (χ2n) is 7.66. The van der Waals surface area contributed by atoms with Gasteiger partial charge >= 0.3 is 0 Å². The van der Waals surface area contributed by atoms with Gasteiger partial charge < -0.3 is 0 Å². The van der Waals surface area contributed by atoms with Crippen LogP contribution in [-0.2, 0) is 0 Å². The van der Waals surface area contributed by atoms with Gasteiger partial charge in [-0.05, 0) is 47.9 Å². The maximum Gasteiger partial charge on any atom is 0.0190 e. The van der Waals surface area contributed by atoms with Crippen molar-refractivity contribution in [1.29, 1.82) is 0 Å². The lowest BCUT2D eigenvalue weighted by Crippen LogP contribution is -2.24. The van der Waals surface area contributed by atoms with Crippen LogP contribution in [0.4, 0.5) is 0 Å². The van der Waals surface area contributed by atoms with Crippen LogP contribution in [0.2, 0.25) is 0 Å². The zero-order chi connectivity index (χ0) is 16.2. The minimum Gasteiger partial charge on any atom is -0.0804 e. The Morgan fingerprint density at radius 1 is 0.870 bits per heavy atom. The zero-order valence-corrected chi connectivity index (χ0v) is 14.5. The number of aryl methyl sites for hydroxylation is 2. The third-order valence-corrected chi connectivity index (χ3v) is 5.65. The van der Waals surface area contributed by atoms with Crippen molar-refractivity contribution in [1.82, 2.24) is 0 Å². The molecule has 0 aliphatic heterocycles. The molecule has 0 fully saturated rings. The van der Waals surface area contributed by atoms with Crippen LogP contribution in [0.5, 0.6) is 0 Å². The van der Waals surface area contributed by atoms with Gasteiger partial charge in [-0.25, -0.2) is 0 Å². The van der Waals surface area contributed by atoms with E-state index < -0.39 is 0 Å². The topological polar surface area (TPSA) is 0 Å². The van der Waals surface area contributed by atoms with Crippen molar-refractivity contribution in [3.8, 4) is 11.1 Å². The molecule has 0 heteroatoms. The molecule has 116 valence electrons. The molecule has 0 radical (unpaired) electrons. The van der Waals surface area contributed by atoms with E-state index in [1.165, 1.54) is 33.4 Å². The predicted molar refractivity (Wildman–Crippen MR) is 98.8 cm³/mol. The van der Waals surface area contributed by atoms with Gasteiger partial charge in [-0.2, -0.15) is 0 Å². The Balaban J connectivity index is 1.96. The van der Waals surface area contributed by atoms with Crippen LogP contribution in [-0.4, -0.2) is 0 Å². The zero-order valence-electron chi connectivity index (χ0n) is 14.5. The first-order valence-electron chi connectivity index (χ1n) is 8.56. The van der Waals surface area contributed by atoms with Gasteiger partial charge in [0.05, 0.1) is 0 Å². The van der Waals surface area contributed by atoms with E-state index in [0.717, 1.165) is 6.42 Å². The molecular weight excluding hydrogens is 276 g/mol. The summed E-state index contributed by atoms with van der Waals surface area (Å²) in [5, 5.41) is 0. The number of hydrogen-bond donors (Lipinski definition) is 0. The van der Waals surface area contributed by atoms with Crippen LogP contribution in [0, 0.1) is 19.3 Å². The van der Waals surface area contributed by atoms with Crippen molar-refractivity contribution < 1.29 is 0 Å². The van der Waals surface area contributed by atoms with E-state index in [2.05, 4.69) is 82.3 Å². The Hall–Kier alpha value is -2.08. The number of hydrogen-bond acceptors (Lipinski definition) is 0. The van der Waals surface area contributed by atoms with Gasteiger partial charge in [-0.3, -0.25) is 0 Å². The monoisotopic (exact) mass is 300 g/mol. The fourth-order valence-corrected chi connectivity index (χ4v) is 4.39. The smallest absolute Gasteiger partial charge is 0.0190 e. The highest BCUT2D eigenvalue weighted by Crippen LogP contribution is 2.56. The molecule has 0 atom stereocenters. The first-order chi connectivity index (χ1) is 11.0. The molecule has 4 rings (SSSR count). The molecule has 0 amide bonds. The lowest BCUT2D eigenvalue weighted by Gasteiger charge is -2.35. The second-order valence-corrected chi connectivity index (χ2v) is 7.66. The van der Waals surface area contributed by atoms with Crippen LogP contribution >= 0.6 is 0 Å². The molecule has 0 unspecified atom stereocenters. The van der Waals surface area contributed by atoms with E-state index in [1.807, 2.05) is 0 Å². The lowest BCUT2D eigenvalue weighted by atomic mass is 9.68. The molecule has 0 aromatic heterocycles.